The second-order valence-corrected chi connectivity index (χ2v) is 13.4. The van der Waals surface area contributed by atoms with Gasteiger partial charge in [0.25, 0.3) is 0 Å². The zero-order valence-electron chi connectivity index (χ0n) is 21.0. The second-order valence-electron chi connectivity index (χ2n) is 10.0. The van der Waals surface area contributed by atoms with Crippen LogP contribution in [0.2, 0.25) is 0 Å². The van der Waals surface area contributed by atoms with Crippen molar-refractivity contribution in [2.45, 2.75) is 69.7 Å². The molecule has 2 aromatic rings. The van der Waals surface area contributed by atoms with Gasteiger partial charge in [-0.2, -0.15) is 13.2 Å². The third kappa shape index (κ3) is 6.50. The largest absolute Gasteiger partial charge is 0.403 e. The lowest BCUT2D eigenvalue weighted by atomic mass is 9.93. The number of thiazole rings is 1. The molecule has 0 radical (unpaired) electrons. The molecule has 2 aromatic heterocycles. The Bertz CT molecular complexity index is 1210. The van der Waals surface area contributed by atoms with Gasteiger partial charge >= 0.3 is 6.18 Å². The summed E-state index contributed by atoms with van der Waals surface area (Å²) < 4.78 is 62.8. The first-order valence-electron chi connectivity index (χ1n) is 12.4. The summed E-state index contributed by atoms with van der Waals surface area (Å²) in [6.45, 7) is 7.44. The van der Waals surface area contributed by atoms with E-state index in [4.69, 9.17) is 4.98 Å². The highest BCUT2D eigenvalue weighted by molar-refractivity contribution is 7.91. The molecule has 0 spiro atoms. The zero-order chi connectivity index (χ0) is 27.0. The quantitative estimate of drug-likeness (QED) is 0.505. The molecule has 1 saturated heterocycles. The number of halogens is 3. The molecule has 0 aromatic carbocycles. The van der Waals surface area contributed by atoms with E-state index in [1.54, 1.807) is 6.92 Å². The summed E-state index contributed by atoms with van der Waals surface area (Å²) in [4.78, 5) is 24.9. The Morgan fingerprint density at radius 3 is 2.62 bits per heavy atom. The molecular weight excluding hydrogens is 527 g/mol. The minimum absolute atomic E-state index is 0.00989. The number of carbonyl (C=O) groups is 1. The van der Waals surface area contributed by atoms with Crippen molar-refractivity contribution in [1.29, 1.82) is 0 Å². The van der Waals surface area contributed by atoms with Crippen molar-refractivity contribution < 1.29 is 26.4 Å². The molecule has 4 heterocycles. The second kappa shape index (κ2) is 11.0. The predicted molar refractivity (Wildman–Crippen MR) is 135 cm³/mol. The first-order chi connectivity index (χ1) is 17.4. The monoisotopic (exact) mass is 559 g/mol. The van der Waals surface area contributed by atoms with Gasteiger partial charge in [0.15, 0.2) is 15.0 Å². The highest BCUT2D eigenvalue weighted by Crippen LogP contribution is 2.43. The van der Waals surface area contributed by atoms with Crippen LogP contribution in [0.1, 0.15) is 55.9 Å². The molecule has 13 heteroatoms. The van der Waals surface area contributed by atoms with Crippen LogP contribution in [0.3, 0.4) is 0 Å². The Hall–Kier alpha value is -2.09. The van der Waals surface area contributed by atoms with Crippen LogP contribution in [-0.2, 0) is 27.6 Å². The van der Waals surface area contributed by atoms with Crippen LogP contribution in [0.15, 0.2) is 23.2 Å². The molecule has 37 heavy (non-hydrogen) atoms. The smallest absolute Gasteiger partial charge is 0.306 e. The van der Waals surface area contributed by atoms with Crippen LogP contribution < -0.4 is 10.6 Å². The average Bonchev–Trinajstić information content (AvgIpc) is 3.35. The Balaban J connectivity index is 1.35. The van der Waals surface area contributed by atoms with E-state index in [0.717, 1.165) is 10.6 Å². The van der Waals surface area contributed by atoms with E-state index in [9.17, 15) is 26.4 Å². The fourth-order valence-electron chi connectivity index (χ4n) is 5.01. The number of nitrogens with zero attached hydrogens (tertiary/aromatic N) is 3. The molecule has 2 aliphatic heterocycles. The van der Waals surface area contributed by atoms with Crippen LogP contribution in [0.5, 0.6) is 0 Å². The maximum absolute atomic E-state index is 13.0. The summed E-state index contributed by atoms with van der Waals surface area (Å²) >= 11 is 1.41. The lowest BCUT2D eigenvalue weighted by molar-refractivity contribution is -0.162. The summed E-state index contributed by atoms with van der Waals surface area (Å²) in [7, 11) is -3.35. The van der Waals surface area contributed by atoms with Crippen molar-refractivity contribution in [2.75, 3.05) is 24.2 Å². The van der Waals surface area contributed by atoms with Crippen molar-refractivity contribution in [2.24, 2.45) is 11.8 Å². The zero-order valence-corrected chi connectivity index (χ0v) is 22.6. The van der Waals surface area contributed by atoms with Crippen molar-refractivity contribution >= 4 is 32.2 Å². The van der Waals surface area contributed by atoms with Crippen molar-refractivity contribution in [3.8, 4) is 0 Å². The molecule has 1 amide bonds. The third-order valence-electron chi connectivity index (χ3n) is 6.91. The molecule has 4 rings (SSSR count). The van der Waals surface area contributed by atoms with Gasteiger partial charge in [-0.15, -0.1) is 11.3 Å². The van der Waals surface area contributed by atoms with E-state index in [1.807, 2.05) is 0 Å². The number of fused-ring (bicyclic) bond motifs is 1. The Morgan fingerprint density at radius 1 is 1.30 bits per heavy atom. The van der Waals surface area contributed by atoms with Crippen molar-refractivity contribution in [3.63, 3.8) is 0 Å². The van der Waals surface area contributed by atoms with Crippen LogP contribution in [0, 0.1) is 11.8 Å². The summed E-state index contributed by atoms with van der Waals surface area (Å²) in [5.41, 5.74) is 1.37. The Morgan fingerprint density at radius 2 is 2.05 bits per heavy atom. The number of nitrogens with one attached hydrogen (secondary N) is 2. The third-order valence-corrected chi connectivity index (χ3v) is 9.60. The van der Waals surface area contributed by atoms with E-state index in [2.05, 4.69) is 34.4 Å². The first kappa shape index (κ1) is 27.9. The minimum Gasteiger partial charge on any atom is -0.306 e. The highest BCUT2D eigenvalue weighted by atomic mass is 32.2. The Kier molecular flexibility index (Phi) is 8.27. The van der Waals surface area contributed by atoms with Gasteiger partial charge in [0.1, 0.15) is 6.04 Å². The van der Waals surface area contributed by atoms with Crippen molar-refractivity contribution in [3.05, 3.63) is 34.6 Å². The maximum Gasteiger partial charge on any atom is 0.403 e. The summed E-state index contributed by atoms with van der Waals surface area (Å²) in [6.07, 6.45) is -2.32. The van der Waals surface area contributed by atoms with Gasteiger partial charge in [-0.25, -0.2) is 13.4 Å². The number of amides is 1. The van der Waals surface area contributed by atoms with Crippen molar-refractivity contribution in [1.82, 2.24) is 20.2 Å². The maximum atomic E-state index is 13.0. The molecule has 2 N–H and O–H groups in total. The van der Waals surface area contributed by atoms with Gasteiger partial charge in [-0.3, -0.25) is 14.7 Å². The molecule has 0 bridgehead atoms. The summed E-state index contributed by atoms with van der Waals surface area (Å²) in [5, 5.41) is 5.98. The molecule has 3 atom stereocenters. The average molecular weight is 560 g/mol. The topological polar surface area (TPSA) is 104 Å². The van der Waals surface area contributed by atoms with Gasteiger partial charge < -0.3 is 10.6 Å². The SMILES string of the molecule is CCS(=O)(=O)c1ccc(CC(=O)Nc2nc3c(s2)CN(C[C@H]2CC[C@H](C(F)(F)F)NC2)[C@H]3C(C)C)nc1. The number of hydrogen-bond acceptors (Lipinski definition) is 8. The van der Waals surface area contributed by atoms with E-state index in [0.29, 0.717) is 36.9 Å². The number of sulfone groups is 1. The summed E-state index contributed by atoms with van der Waals surface area (Å²) in [6, 6.07) is 1.61. The van der Waals surface area contributed by atoms with Crippen LogP contribution >= 0.6 is 11.3 Å². The van der Waals surface area contributed by atoms with Gasteiger partial charge in [0.2, 0.25) is 5.91 Å². The number of carbonyl (C=O) groups excluding carboxylic acids is 1. The van der Waals surface area contributed by atoms with Gasteiger partial charge in [-0.1, -0.05) is 20.8 Å². The molecule has 0 unspecified atom stereocenters. The van der Waals surface area contributed by atoms with Gasteiger partial charge in [0, 0.05) is 29.9 Å². The Labute approximate surface area is 219 Å². The normalized spacial score (nSPS) is 22.8. The lowest BCUT2D eigenvalue weighted by Crippen LogP contribution is -2.49. The van der Waals surface area contributed by atoms with E-state index >= 15 is 0 Å². The molecule has 2 aliphatic rings. The van der Waals surface area contributed by atoms with Gasteiger partial charge in [-0.05, 0) is 43.4 Å². The van der Waals surface area contributed by atoms with E-state index < -0.39 is 22.1 Å². The number of piperidine rings is 1. The predicted octanol–water partition coefficient (Wildman–Crippen LogP) is 3.96. The molecule has 204 valence electrons. The molecule has 0 saturated carbocycles. The van der Waals surface area contributed by atoms with Gasteiger partial charge in [0.05, 0.1) is 28.8 Å². The fourth-order valence-corrected chi connectivity index (χ4v) is 6.87. The fraction of sp³-hybridized carbons (Fsp3) is 0.625. The molecule has 0 aliphatic carbocycles. The van der Waals surface area contributed by atoms with E-state index in [1.165, 1.54) is 29.7 Å². The minimum atomic E-state index is -4.21. The molecule has 8 nitrogen and oxygen atoms in total. The molecular formula is C24H32F3N5O3S2. The lowest BCUT2D eigenvalue weighted by Gasteiger charge is -2.35. The van der Waals surface area contributed by atoms with E-state index in [-0.39, 0.29) is 47.3 Å². The summed E-state index contributed by atoms with van der Waals surface area (Å²) in [5.74, 6) is 0.0675. The standard InChI is InChI=1S/C24H32F3N5O3S2/c1-4-37(34,35)17-7-6-16(28-11-17)9-20(33)30-23-31-21-18(36-23)13-32(22(21)14(2)3)12-15-5-8-19(29-10-15)24(25,26)27/h6-7,11,14-15,19,22,29H,4-5,8-10,12-13H2,1-3H3,(H,30,31,33)/t15-,19+,22-/m0/s1. The molecule has 1 fully saturated rings. The number of anilines is 1. The van der Waals surface area contributed by atoms with Crippen LogP contribution in [0.25, 0.3) is 0 Å². The number of pyridine rings is 1. The number of rotatable bonds is 8. The first-order valence-corrected chi connectivity index (χ1v) is 14.9. The van der Waals surface area contributed by atoms with Crippen LogP contribution in [-0.4, -0.2) is 60.3 Å². The number of alkyl halides is 3. The number of hydrogen-bond donors (Lipinski definition) is 2. The number of aromatic nitrogens is 2. The van der Waals surface area contributed by atoms with Crippen LogP contribution in [0.4, 0.5) is 18.3 Å². The highest BCUT2D eigenvalue weighted by Gasteiger charge is 2.43.